The molecule has 1 heterocycles. The zero-order valence-electron chi connectivity index (χ0n) is 30.2. The molecule has 15 nitrogen and oxygen atoms in total. The molecule has 4 atom stereocenters. The first-order valence-electron chi connectivity index (χ1n) is 17.4. The summed E-state index contributed by atoms with van der Waals surface area (Å²) in [5, 5.41) is 25.8. The summed E-state index contributed by atoms with van der Waals surface area (Å²) in [6.45, 7) is 9.91. The quantitative estimate of drug-likeness (QED) is 0.111. The molecule has 2 rings (SSSR count). The van der Waals surface area contributed by atoms with Crippen molar-refractivity contribution in [2.75, 3.05) is 26.7 Å². The number of aliphatic hydroxyl groups is 1. The van der Waals surface area contributed by atoms with Gasteiger partial charge in [-0.25, -0.2) is 14.4 Å². The maximum Gasteiger partial charge on any atom is 0.411 e. The van der Waals surface area contributed by atoms with Crippen molar-refractivity contribution in [2.45, 2.75) is 148 Å². The van der Waals surface area contributed by atoms with E-state index in [9.17, 15) is 39.0 Å². The summed E-state index contributed by atoms with van der Waals surface area (Å²) < 4.78 is 15.5. The predicted molar refractivity (Wildman–Crippen MR) is 178 cm³/mol. The number of nitrogens with zero attached hydrogens (tertiary/aromatic N) is 2. The van der Waals surface area contributed by atoms with E-state index in [1.165, 1.54) is 4.90 Å². The summed E-state index contributed by atoms with van der Waals surface area (Å²) in [5.74, 6) is -3.30. The normalized spacial score (nSPS) is 18.9. The molecule has 15 heteroatoms. The highest BCUT2D eigenvalue weighted by atomic mass is 16.6. The summed E-state index contributed by atoms with van der Waals surface area (Å²) in [7, 11) is 1.12. The number of nitrogens with one attached hydrogen (secondary N) is 2. The summed E-state index contributed by atoms with van der Waals surface area (Å²) in [4.78, 5) is 79.9. The van der Waals surface area contributed by atoms with E-state index in [1.807, 2.05) is 0 Å². The second kappa shape index (κ2) is 19.0. The minimum Gasteiger partial charge on any atom is -0.480 e. The van der Waals surface area contributed by atoms with Gasteiger partial charge in [0.15, 0.2) is 6.10 Å². The number of carbonyl (C=O) groups excluding carboxylic acids is 5. The fourth-order valence-electron chi connectivity index (χ4n) is 6.23. The number of ether oxygens (including phenoxy) is 3. The van der Waals surface area contributed by atoms with Crippen molar-refractivity contribution in [2.24, 2.45) is 5.92 Å². The number of esters is 1. The lowest BCUT2D eigenvalue weighted by Gasteiger charge is -2.37. The van der Waals surface area contributed by atoms with Gasteiger partial charge in [-0.05, 0) is 86.0 Å². The van der Waals surface area contributed by atoms with E-state index in [-0.39, 0.29) is 31.8 Å². The van der Waals surface area contributed by atoms with Crippen LogP contribution in [0.15, 0.2) is 0 Å². The van der Waals surface area contributed by atoms with Gasteiger partial charge >= 0.3 is 24.1 Å². The van der Waals surface area contributed by atoms with Crippen molar-refractivity contribution in [3.63, 3.8) is 0 Å². The molecule has 2 aliphatic rings. The third-order valence-corrected chi connectivity index (χ3v) is 8.48. The molecule has 1 aliphatic carbocycles. The molecular formula is C34H58N4O11. The molecule has 0 spiro atoms. The van der Waals surface area contributed by atoms with Crippen molar-refractivity contribution in [1.82, 2.24) is 20.4 Å². The number of unbranched alkanes of at least 4 members (excludes halogenated alkanes) is 1. The van der Waals surface area contributed by atoms with E-state index >= 15 is 0 Å². The Morgan fingerprint density at radius 1 is 0.898 bits per heavy atom. The van der Waals surface area contributed by atoms with Crippen LogP contribution in [0.2, 0.25) is 0 Å². The zero-order valence-corrected chi connectivity index (χ0v) is 30.2. The van der Waals surface area contributed by atoms with Gasteiger partial charge in [0.1, 0.15) is 29.8 Å². The van der Waals surface area contributed by atoms with Gasteiger partial charge in [-0.3, -0.25) is 19.3 Å². The minimum absolute atomic E-state index is 0.0840. The first kappa shape index (κ1) is 41.6. The number of hydrogen-bond acceptors (Lipinski definition) is 10. The second-order valence-electron chi connectivity index (χ2n) is 15.0. The Morgan fingerprint density at radius 2 is 1.53 bits per heavy atom. The molecule has 0 aromatic heterocycles. The summed E-state index contributed by atoms with van der Waals surface area (Å²) in [5.41, 5.74) is -1.59. The Bertz CT molecular complexity index is 1140. The first-order valence-corrected chi connectivity index (χ1v) is 17.4. The third kappa shape index (κ3) is 14.4. The van der Waals surface area contributed by atoms with Gasteiger partial charge in [0.05, 0.1) is 13.2 Å². The second-order valence-corrected chi connectivity index (χ2v) is 15.0. The molecule has 1 unspecified atom stereocenters. The summed E-state index contributed by atoms with van der Waals surface area (Å²) >= 11 is 0. The van der Waals surface area contributed by atoms with Crippen LogP contribution in [0.25, 0.3) is 0 Å². The van der Waals surface area contributed by atoms with Gasteiger partial charge in [0, 0.05) is 13.1 Å². The average Bonchev–Trinajstić information content (AvgIpc) is 3.50. The van der Waals surface area contributed by atoms with E-state index < -0.39 is 77.9 Å². The Kier molecular flexibility index (Phi) is 16.1. The Hall–Kier alpha value is -3.62. The standard InChI is InChI=1S/C34H58N4O11/c1-33(2,3)48-31(45)35-18-12-11-16-23(27(41)30(44)47-7)36-28(42)24-17-13-19-37(24)29(43)25(20-22-14-9-8-10-15-22)38(21-26(39)40)32(46)49-34(4,5)6/h22-25,27,41H,8-21H2,1-7H3,(H,35,45)(H,36,42)(H,39,40)/t23-,24-,25+,27?/m0/s1. The number of rotatable bonds is 15. The van der Waals surface area contributed by atoms with Crippen LogP contribution < -0.4 is 10.6 Å². The maximum atomic E-state index is 14.3. The van der Waals surface area contributed by atoms with E-state index in [4.69, 9.17) is 14.2 Å². The minimum atomic E-state index is -1.68. The molecule has 2 fully saturated rings. The molecule has 0 radical (unpaired) electrons. The Balaban J connectivity index is 2.24. The number of methoxy groups -OCH3 is 1. The van der Waals surface area contributed by atoms with Crippen molar-refractivity contribution < 1.29 is 53.2 Å². The highest BCUT2D eigenvalue weighted by Crippen LogP contribution is 2.31. The molecule has 280 valence electrons. The summed E-state index contributed by atoms with van der Waals surface area (Å²) in [6.07, 6.45) is 3.51. The largest absolute Gasteiger partial charge is 0.480 e. The SMILES string of the molecule is COC(=O)C(O)[C@H](CCCCNC(=O)OC(C)(C)C)NC(=O)[C@@H]1CCCN1C(=O)[C@@H](CC1CCCCC1)N(CC(=O)O)C(=O)OC(C)(C)C. The van der Waals surface area contributed by atoms with E-state index in [0.717, 1.165) is 44.1 Å². The van der Waals surface area contributed by atoms with Gasteiger partial charge in [0.25, 0.3) is 0 Å². The van der Waals surface area contributed by atoms with E-state index in [0.29, 0.717) is 25.7 Å². The van der Waals surface area contributed by atoms with Crippen LogP contribution in [-0.4, -0.2) is 118 Å². The van der Waals surface area contributed by atoms with E-state index in [2.05, 4.69) is 10.6 Å². The summed E-state index contributed by atoms with van der Waals surface area (Å²) in [6, 6.07) is -3.20. The van der Waals surface area contributed by atoms with Gasteiger partial charge in [0.2, 0.25) is 11.8 Å². The van der Waals surface area contributed by atoms with Crippen molar-refractivity contribution >= 4 is 35.9 Å². The fraction of sp³-hybridized carbons (Fsp3) is 0.824. The molecular weight excluding hydrogens is 640 g/mol. The lowest BCUT2D eigenvalue weighted by molar-refractivity contribution is -0.153. The number of carboxylic acid groups (broad SMARTS) is 1. The van der Waals surface area contributed by atoms with Crippen LogP contribution in [0, 0.1) is 5.92 Å². The number of aliphatic hydroxyl groups excluding tert-OH is 1. The number of likely N-dealkylation sites (tertiary alicyclic amines) is 1. The van der Waals surface area contributed by atoms with Crippen LogP contribution in [0.3, 0.4) is 0 Å². The number of carboxylic acids is 1. The lowest BCUT2D eigenvalue weighted by Crippen LogP contribution is -2.58. The number of alkyl carbamates (subject to hydrolysis) is 1. The average molecular weight is 699 g/mol. The molecule has 0 aromatic rings. The topological polar surface area (TPSA) is 201 Å². The van der Waals surface area contributed by atoms with Crippen LogP contribution in [0.1, 0.15) is 112 Å². The number of amides is 4. The fourth-order valence-corrected chi connectivity index (χ4v) is 6.23. The molecule has 4 N–H and O–H groups in total. The lowest BCUT2D eigenvalue weighted by atomic mass is 9.84. The van der Waals surface area contributed by atoms with Crippen molar-refractivity contribution in [3.8, 4) is 0 Å². The highest BCUT2D eigenvalue weighted by Gasteiger charge is 2.43. The van der Waals surface area contributed by atoms with Crippen LogP contribution in [-0.2, 0) is 33.4 Å². The molecule has 1 saturated heterocycles. The highest BCUT2D eigenvalue weighted by molar-refractivity contribution is 5.93. The Morgan fingerprint density at radius 3 is 2.10 bits per heavy atom. The van der Waals surface area contributed by atoms with Gasteiger partial charge in [-0.1, -0.05) is 32.1 Å². The van der Waals surface area contributed by atoms with Gasteiger partial charge in [-0.2, -0.15) is 0 Å². The maximum absolute atomic E-state index is 14.3. The molecule has 1 saturated carbocycles. The number of aliphatic carboxylic acids is 1. The third-order valence-electron chi connectivity index (χ3n) is 8.48. The van der Waals surface area contributed by atoms with Gasteiger partial charge in [-0.15, -0.1) is 0 Å². The molecule has 1 aliphatic heterocycles. The molecule has 4 amide bonds. The van der Waals surface area contributed by atoms with Crippen LogP contribution >= 0.6 is 0 Å². The monoisotopic (exact) mass is 698 g/mol. The number of carbonyl (C=O) groups is 6. The van der Waals surface area contributed by atoms with Crippen LogP contribution in [0.5, 0.6) is 0 Å². The molecule has 0 aromatic carbocycles. The first-order chi connectivity index (χ1) is 22.8. The molecule has 0 bridgehead atoms. The Labute approximate surface area is 289 Å². The van der Waals surface area contributed by atoms with Crippen molar-refractivity contribution in [3.05, 3.63) is 0 Å². The zero-order chi connectivity index (χ0) is 36.9. The number of hydrogen-bond donors (Lipinski definition) is 4. The van der Waals surface area contributed by atoms with Crippen LogP contribution in [0.4, 0.5) is 9.59 Å². The van der Waals surface area contributed by atoms with Gasteiger partial charge < -0.3 is 40.0 Å². The predicted octanol–water partition coefficient (Wildman–Crippen LogP) is 3.35. The molecule has 49 heavy (non-hydrogen) atoms. The van der Waals surface area contributed by atoms with E-state index in [1.54, 1.807) is 41.5 Å². The smallest absolute Gasteiger partial charge is 0.411 e. The van der Waals surface area contributed by atoms with Crippen molar-refractivity contribution in [1.29, 1.82) is 0 Å².